The molecule has 0 amide bonds. The Balaban J connectivity index is 1.49. The van der Waals surface area contributed by atoms with Crippen LogP contribution >= 0.6 is 15.9 Å². The van der Waals surface area contributed by atoms with Gasteiger partial charge in [-0.3, -0.25) is 4.79 Å². The van der Waals surface area contributed by atoms with Crippen molar-refractivity contribution >= 4 is 21.9 Å². The first-order chi connectivity index (χ1) is 12.8. The first kappa shape index (κ1) is 17.8. The molecule has 2 aliphatic heterocycles. The van der Waals surface area contributed by atoms with Gasteiger partial charge in [0.25, 0.3) is 0 Å². The van der Waals surface area contributed by atoms with E-state index in [1.54, 1.807) is 30.3 Å². The number of carboxylic acids is 1. The summed E-state index contributed by atoms with van der Waals surface area (Å²) in [5.41, 5.74) is 1.18. The topological polar surface area (TPSA) is 74.2 Å². The van der Waals surface area contributed by atoms with E-state index in [2.05, 4.69) is 25.4 Å². The van der Waals surface area contributed by atoms with Gasteiger partial charge in [-0.1, -0.05) is 34.1 Å². The SMILES string of the molecule is O=C(O)C(Br)C1COc2cc(OCc3cccc4c3OC(F)(F)O4)ccc21. The zero-order chi connectivity index (χ0) is 19.2. The van der Waals surface area contributed by atoms with Crippen LogP contribution in [0.15, 0.2) is 36.4 Å². The molecule has 0 aliphatic carbocycles. The predicted octanol–water partition coefficient (Wildman–Crippen LogP) is 3.91. The van der Waals surface area contributed by atoms with Crippen LogP contribution in [-0.4, -0.2) is 28.8 Å². The van der Waals surface area contributed by atoms with Crippen molar-refractivity contribution < 1.29 is 37.6 Å². The Bertz CT molecular complexity index is 903. The zero-order valence-electron chi connectivity index (χ0n) is 13.7. The highest BCUT2D eigenvalue weighted by Crippen LogP contribution is 2.44. The van der Waals surface area contributed by atoms with Crippen molar-refractivity contribution in [1.29, 1.82) is 0 Å². The largest absolute Gasteiger partial charge is 0.586 e. The van der Waals surface area contributed by atoms with Crippen molar-refractivity contribution in [1.82, 2.24) is 0 Å². The Labute approximate surface area is 160 Å². The van der Waals surface area contributed by atoms with Crippen molar-refractivity contribution in [3.63, 3.8) is 0 Å². The standard InChI is InChI=1S/C18H13BrF2O6/c19-15(17(22)23)12-8-25-14-6-10(4-5-11(12)14)24-7-9-2-1-3-13-16(9)27-18(20,21)26-13/h1-6,12,15H,7-8H2,(H,22,23). The highest BCUT2D eigenvalue weighted by Gasteiger charge is 2.44. The number of benzene rings is 2. The highest BCUT2D eigenvalue weighted by molar-refractivity contribution is 9.10. The van der Waals surface area contributed by atoms with Crippen LogP contribution in [0, 0.1) is 0 Å². The van der Waals surface area contributed by atoms with Gasteiger partial charge in [0.15, 0.2) is 11.5 Å². The molecule has 27 heavy (non-hydrogen) atoms. The third kappa shape index (κ3) is 3.39. The van der Waals surface area contributed by atoms with Gasteiger partial charge >= 0.3 is 12.3 Å². The van der Waals surface area contributed by atoms with Crippen molar-refractivity contribution in [2.75, 3.05) is 6.61 Å². The summed E-state index contributed by atoms with van der Waals surface area (Å²) in [5, 5.41) is 9.14. The maximum Gasteiger partial charge on any atom is 0.586 e. The van der Waals surface area contributed by atoms with Crippen LogP contribution in [0.1, 0.15) is 17.0 Å². The third-order valence-corrected chi connectivity index (χ3v) is 5.33. The van der Waals surface area contributed by atoms with E-state index in [0.717, 1.165) is 5.56 Å². The molecule has 2 aromatic rings. The van der Waals surface area contributed by atoms with E-state index in [1.165, 1.54) is 6.07 Å². The number of para-hydroxylation sites is 1. The fourth-order valence-corrected chi connectivity index (χ4v) is 3.46. The number of rotatable bonds is 5. The van der Waals surface area contributed by atoms with E-state index in [9.17, 15) is 13.6 Å². The molecule has 2 atom stereocenters. The van der Waals surface area contributed by atoms with Gasteiger partial charge in [0.1, 0.15) is 22.9 Å². The molecule has 1 N–H and O–H groups in total. The minimum atomic E-state index is -3.69. The van der Waals surface area contributed by atoms with E-state index in [-0.39, 0.29) is 30.6 Å². The van der Waals surface area contributed by atoms with Crippen LogP contribution in [0.25, 0.3) is 0 Å². The van der Waals surface area contributed by atoms with Crippen LogP contribution in [0.5, 0.6) is 23.0 Å². The van der Waals surface area contributed by atoms with Crippen molar-refractivity contribution in [2.45, 2.75) is 23.6 Å². The van der Waals surface area contributed by atoms with E-state index < -0.39 is 17.1 Å². The second-order valence-electron chi connectivity index (χ2n) is 6.06. The highest BCUT2D eigenvalue weighted by atomic mass is 79.9. The molecule has 4 rings (SSSR count). The summed E-state index contributed by atoms with van der Waals surface area (Å²) in [6, 6.07) is 9.63. The lowest BCUT2D eigenvalue weighted by Gasteiger charge is -2.12. The maximum absolute atomic E-state index is 13.2. The van der Waals surface area contributed by atoms with Crippen LogP contribution < -0.4 is 18.9 Å². The smallest absolute Gasteiger partial charge is 0.492 e. The average Bonchev–Trinajstić information content (AvgIpc) is 3.17. The Morgan fingerprint density at radius 3 is 2.89 bits per heavy atom. The molecule has 9 heteroatoms. The van der Waals surface area contributed by atoms with Crippen molar-refractivity contribution in [2.24, 2.45) is 0 Å². The molecular formula is C18H13BrF2O6. The Kier molecular flexibility index (Phi) is 4.33. The summed E-state index contributed by atoms with van der Waals surface area (Å²) in [5.74, 6) is -0.376. The van der Waals surface area contributed by atoms with E-state index in [1.807, 2.05) is 0 Å². The fraction of sp³-hybridized carbons (Fsp3) is 0.278. The Morgan fingerprint density at radius 2 is 2.11 bits per heavy atom. The zero-order valence-corrected chi connectivity index (χ0v) is 15.2. The molecule has 0 radical (unpaired) electrons. The van der Waals surface area contributed by atoms with E-state index in [4.69, 9.17) is 14.6 Å². The quantitative estimate of drug-likeness (QED) is 0.707. The predicted molar refractivity (Wildman–Crippen MR) is 92.0 cm³/mol. The minimum Gasteiger partial charge on any atom is -0.492 e. The average molecular weight is 443 g/mol. The molecule has 0 spiro atoms. The van der Waals surface area contributed by atoms with Gasteiger partial charge in [-0.05, 0) is 12.1 Å². The summed E-state index contributed by atoms with van der Waals surface area (Å²) in [7, 11) is 0. The number of hydrogen-bond acceptors (Lipinski definition) is 5. The van der Waals surface area contributed by atoms with Gasteiger partial charge in [0.05, 0.1) is 6.61 Å². The van der Waals surface area contributed by atoms with Crippen molar-refractivity contribution in [3.05, 3.63) is 47.5 Å². The number of aliphatic carboxylic acids is 1. The third-order valence-electron chi connectivity index (χ3n) is 4.30. The van der Waals surface area contributed by atoms with Gasteiger partial charge in [-0.2, -0.15) is 0 Å². The monoisotopic (exact) mass is 442 g/mol. The van der Waals surface area contributed by atoms with Gasteiger partial charge in [0, 0.05) is 23.1 Å². The molecule has 0 fully saturated rings. The summed E-state index contributed by atoms with van der Waals surface area (Å²) in [6.07, 6.45) is -3.69. The number of fused-ring (bicyclic) bond motifs is 2. The first-order valence-corrected chi connectivity index (χ1v) is 8.90. The van der Waals surface area contributed by atoms with Gasteiger partial charge < -0.3 is 24.1 Å². The summed E-state index contributed by atoms with van der Waals surface area (Å²) in [4.78, 5) is 10.4. The summed E-state index contributed by atoms with van der Waals surface area (Å²) >= 11 is 3.16. The van der Waals surface area contributed by atoms with Crippen LogP contribution in [0.3, 0.4) is 0 Å². The van der Waals surface area contributed by atoms with Gasteiger partial charge in [-0.25, -0.2) is 0 Å². The minimum absolute atomic E-state index is 0.0129. The second kappa shape index (κ2) is 6.56. The van der Waals surface area contributed by atoms with Crippen molar-refractivity contribution in [3.8, 4) is 23.0 Å². The molecule has 142 valence electrons. The lowest BCUT2D eigenvalue weighted by atomic mass is 9.98. The number of halogens is 3. The number of hydrogen-bond donors (Lipinski definition) is 1. The lowest BCUT2D eigenvalue weighted by Crippen LogP contribution is -2.26. The maximum atomic E-state index is 13.2. The molecular weight excluding hydrogens is 430 g/mol. The molecule has 0 aromatic heterocycles. The lowest BCUT2D eigenvalue weighted by molar-refractivity contribution is -0.287. The van der Waals surface area contributed by atoms with Crippen LogP contribution in [0.4, 0.5) is 8.78 Å². The molecule has 2 heterocycles. The summed E-state index contributed by atoms with van der Waals surface area (Å²) in [6.45, 7) is 0.231. The molecule has 2 aromatic carbocycles. The fourth-order valence-electron chi connectivity index (χ4n) is 3.02. The number of carboxylic acid groups (broad SMARTS) is 1. The normalized spacial score (nSPS) is 19.9. The Morgan fingerprint density at radius 1 is 1.30 bits per heavy atom. The van der Waals surface area contributed by atoms with Crippen LogP contribution in [-0.2, 0) is 11.4 Å². The first-order valence-electron chi connectivity index (χ1n) is 7.98. The van der Waals surface area contributed by atoms with Gasteiger partial charge in [0.2, 0.25) is 0 Å². The van der Waals surface area contributed by atoms with E-state index >= 15 is 0 Å². The van der Waals surface area contributed by atoms with E-state index in [0.29, 0.717) is 17.1 Å². The number of alkyl halides is 3. The molecule has 0 saturated heterocycles. The second-order valence-corrected chi connectivity index (χ2v) is 7.04. The molecule has 2 aliphatic rings. The molecule has 0 saturated carbocycles. The Hall–Kier alpha value is -2.55. The molecule has 0 bridgehead atoms. The van der Waals surface area contributed by atoms with Crippen LogP contribution in [0.2, 0.25) is 0 Å². The number of ether oxygens (including phenoxy) is 4. The number of carbonyl (C=O) groups is 1. The molecule has 6 nitrogen and oxygen atoms in total. The summed E-state index contributed by atoms with van der Waals surface area (Å²) < 4.78 is 46.7. The molecule has 2 unspecified atom stereocenters. The van der Waals surface area contributed by atoms with Gasteiger partial charge in [-0.15, -0.1) is 8.78 Å².